The van der Waals surface area contributed by atoms with E-state index in [9.17, 15) is 4.79 Å². The summed E-state index contributed by atoms with van der Waals surface area (Å²) in [7, 11) is 4.06. The van der Waals surface area contributed by atoms with E-state index >= 15 is 0 Å². The molecule has 0 aliphatic carbocycles. The summed E-state index contributed by atoms with van der Waals surface area (Å²) in [4.78, 5) is 17.0. The Morgan fingerprint density at radius 1 is 0.968 bits per heavy atom. The maximum absolute atomic E-state index is 13.6. The quantitative estimate of drug-likeness (QED) is 0.455. The zero-order valence-corrected chi connectivity index (χ0v) is 19.0. The van der Waals surface area contributed by atoms with E-state index in [4.69, 9.17) is 0 Å². The van der Waals surface area contributed by atoms with Crippen molar-refractivity contribution in [2.24, 2.45) is 7.05 Å². The number of benzene rings is 2. The Morgan fingerprint density at radius 3 is 2.48 bits per heavy atom. The smallest absolute Gasteiger partial charge is 0.272 e. The third-order valence-electron chi connectivity index (χ3n) is 5.39. The van der Waals surface area contributed by atoms with Gasteiger partial charge in [0.15, 0.2) is 6.20 Å². The van der Waals surface area contributed by atoms with Crippen molar-refractivity contribution in [1.82, 2.24) is 4.57 Å². The van der Waals surface area contributed by atoms with Gasteiger partial charge in [-0.2, -0.15) is 0 Å². The molecule has 4 nitrogen and oxygen atoms in total. The largest absolute Gasteiger partial charge is 0.337 e. The molecule has 6 heteroatoms. The Kier molecular flexibility index (Phi) is 5.26. The van der Waals surface area contributed by atoms with Gasteiger partial charge in [0.05, 0.1) is 12.2 Å². The van der Waals surface area contributed by atoms with Crippen LogP contribution in [0.25, 0.3) is 11.1 Å². The average Bonchev–Trinajstić information content (AvgIpc) is 3.28. The van der Waals surface area contributed by atoms with Crippen molar-refractivity contribution < 1.29 is 4.57 Å². The van der Waals surface area contributed by atoms with Crippen molar-refractivity contribution in [3.63, 3.8) is 0 Å². The molecule has 31 heavy (non-hydrogen) atoms. The molecule has 0 spiro atoms. The van der Waals surface area contributed by atoms with Crippen molar-refractivity contribution in [1.29, 1.82) is 0 Å². The van der Waals surface area contributed by atoms with Gasteiger partial charge in [0.2, 0.25) is 5.69 Å². The van der Waals surface area contributed by atoms with E-state index in [-0.39, 0.29) is 5.56 Å². The van der Waals surface area contributed by atoms with Crippen molar-refractivity contribution in [2.75, 3.05) is 11.9 Å². The zero-order chi connectivity index (χ0) is 21.4. The number of nitrogens with zero attached hydrogens (tertiary/aromatic N) is 3. The van der Waals surface area contributed by atoms with E-state index in [1.807, 2.05) is 67.3 Å². The maximum Gasteiger partial charge on any atom is 0.272 e. The van der Waals surface area contributed by atoms with Gasteiger partial charge in [0.25, 0.3) is 5.56 Å². The molecular weight excluding hydrogens is 422 g/mol. The first-order valence-corrected chi connectivity index (χ1v) is 11.7. The fourth-order valence-corrected chi connectivity index (χ4v) is 6.10. The number of thiazole rings is 1. The second-order valence-electron chi connectivity index (χ2n) is 7.46. The maximum atomic E-state index is 13.6. The summed E-state index contributed by atoms with van der Waals surface area (Å²) < 4.78 is 5.69. The van der Waals surface area contributed by atoms with Crippen LogP contribution in [-0.4, -0.2) is 11.6 Å². The predicted molar refractivity (Wildman–Crippen MR) is 129 cm³/mol. The second kappa shape index (κ2) is 8.21. The molecule has 1 aliphatic heterocycles. The number of hydrogen-bond donors (Lipinski definition) is 0. The Labute approximate surface area is 189 Å². The molecule has 4 aromatic rings. The number of fused-ring (bicyclic) bond motifs is 1. The molecule has 2 aromatic carbocycles. The first-order chi connectivity index (χ1) is 15.1. The van der Waals surface area contributed by atoms with Crippen LogP contribution in [0.5, 0.6) is 0 Å². The van der Waals surface area contributed by atoms with Gasteiger partial charge in [-0.3, -0.25) is 9.36 Å². The molecule has 3 heterocycles. The number of thioether (sulfide) groups is 1. The van der Waals surface area contributed by atoms with Crippen LogP contribution in [0.2, 0.25) is 0 Å². The third-order valence-corrected chi connectivity index (χ3v) is 7.88. The highest BCUT2D eigenvalue weighted by Gasteiger charge is 2.24. The minimum absolute atomic E-state index is 0.0563. The second-order valence-corrected chi connectivity index (χ2v) is 9.52. The molecule has 154 valence electrons. The molecule has 0 amide bonds. The van der Waals surface area contributed by atoms with Gasteiger partial charge < -0.3 is 4.90 Å². The lowest BCUT2D eigenvalue weighted by atomic mass is 10.2. The van der Waals surface area contributed by atoms with E-state index in [2.05, 4.69) is 45.9 Å². The molecule has 0 radical (unpaired) electrons. The summed E-state index contributed by atoms with van der Waals surface area (Å²) in [5.74, 6) is 0. The molecule has 0 unspecified atom stereocenters. The van der Waals surface area contributed by atoms with Gasteiger partial charge in [-0.25, -0.2) is 4.57 Å². The highest BCUT2D eigenvalue weighted by Crippen LogP contribution is 2.44. The van der Waals surface area contributed by atoms with Crippen LogP contribution in [0.1, 0.15) is 11.3 Å². The predicted octanol–water partition coefficient (Wildman–Crippen LogP) is 2.92. The highest BCUT2D eigenvalue weighted by atomic mass is 32.2. The van der Waals surface area contributed by atoms with E-state index in [1.54, 1.807) is 23.1 Å². The molecule has 1 aliphatic rings. The van der Waals surface area contributed by atoms with Crippen molar-refractivity contribution in [3.05, 3.63) is 110 Å². The summed E-state index contributed by atoms with van der Waals surface area (Å²) in [5.41, 5.74) is 3.37. The minimum Gasteiger partial charge on any atom is -0.337 e. The van der Waals surface area contributed by atoms with Crippen LogP contribution >= 0.6 is 23.1 Å². The van der Waals surface area contributed by atoms with Crippen LogP contribution in [0.4, 0.5) is 5.69 Å². The lowest BCUT2D eigenvalue weighted by Gasteiger charge is -2.11. The van der Waals surface area contributed by atoms with Gasteiger partial charge in [-0.1, -0.05) is 54.2 Å². The van der Waals surface area contributed by atoms with Crippen molar-refractivity contribution >= 4 is 39.9 Å². The summed E-state index contributed by atoms with van der Waals surface area (Å²) in [5, 5.41) is 0.995. The molecule has 0 atom stereocenters. The Balaban J connectivity index is 1.74. The normalized spacial score (nSPS) is 15.4. The summed E-state index contributed by atoms with van der Waals surface area (Å²) in [6, 6.07) is 24.5. The van der Waals surface area contributed by atoms with Gasteiger partial charge in [0, 0.05) is 30.2 Å². The highest BCUT2D eigenvalue weighted by molar-refractivity contribution is 8.08. The third kappa shape index (κ3) is 3.73. The van der Waals surface area contributed by atoms with Crippen LogP contribution in [0, 0.1) is 0 Å². The van der Waals surface area contributed by atoms with E-state index in [0.29, 0.717) is 6.54 Å². The fraction of sp³-hybridized carbons (Fsp3) is 0.120. The zero-order valence-electron chi connectivity index (χ0n) is 17.4. The SMILES string of the molecule is CN1/C(=c2/s/c(=C/c3cccc[n+]3C)n(Cc3ccccc3)c2=O)Sc2ccccc21. The lowest BCUT2D eigenvalue weighted by Crippen LogP contribution is -2.35. The Bertz CT molecular complexity index is 1440. The molecular formula is C25H22N3OS2+. The molecule has 0 N–H and O–H groups in total. The number of aryl methyl sites for hydroxylation is 1. The van der Waals surface area contributed by atoms with Crippen molar-refractivity contribution in [2.45, 2.75) is 11.4 Å². The first kappa shape index (κ1) is 19.8. The topological polar surface area (TPSA) is 29.1 Å². The number of aromatic nitrogens is 2. The molecule has 2 aromatic heterocycles. The number of para-hydroxylation sites is 1. The molecule has 0 bridgehead atoms. The van der Waals surface area contributed by atoms with Crippen LogP contribution in [0.3, 0.4) is 0 Å². The van der Waals surface area contributed by atoms with Gasteiger partial charge in [-0.05, 0) is 23.8 Å². The van der Waals surface area contributed by atoms with Crippen LogP contribution in [0.15, 0.2) is 88.7 Å². The van der Waals surface area contributed by atoms with Gasteiger partial charge in [-0.15, -0.1) is 11.3 Å². The standard InChI is InChI=1S/C25H22N3OS2/c1-26-15-9-8-12-19(26)16-22-28(17-18-10-4-3-5-11-18)24(29)23(31-22)25-27(2)20-13-6-7-14-21(20)30-25/h3-16H,17H2,1-2H3/q+1/b25-23-. The average molecular weight is 445 g/mol. The van der Waals surface area contributed by atoms with E-state index < -0.39 is 0 Å². The van der Waals surface area contributed by atoms with E-state index in [1.165, 1.54) is 4.90 Å². The minimum atomic E-state index is 0.0563. The fourth-order valence-electron chi connectivity index (χ4n) is 3.70. The van der Waals surface area contributed by atoms with Gasteiger partial charge >= 0.3 is 0 Å². The summed E-state index contributed by atoms with van der Waals surface area (Å²) in [6.45, 7) is 0.549. The number of rotatable bonds is 3. The van der Waals surface area contributed by atoms with Crippen molar-refractivity contribution in [3.8, 4) is 0 Å². The number of pyridine rings is 1. The lowest BCUT2D eigenvalue weighted by molar-refractivity contribution is -0.673. The number of hydrogen-bond acceptors (Lipinski definition) is 4. The Morgan fingerprint density at radius 2 is 1.71 bits per heavy atom. The molecule has 0 saturated carbocycles. The van der Waals surface area contributed by atoms with E-state index in [0.717, 1.165) is 31.2 Å². The summed E-state index contributed by atoms with van der Waals surface area (Å²) >= 11 is 3.23. The summed E-state index contributed by atoms with van der Waals surface area (Å²) in [6.07, 6.45) is 4.12. The Hall–Kier alpha value is -3.09. The van der Waals surface area contributed by atoms with Crippen LogP contribution < -0.4 is 24.2 Å². The molecule has 0 saturated heterocycles. The molecule has 0 fully saturated rings. The first-order valence-electron chi connectivity index (χ1n) is 10.1. The monoisotopic (exact) mass is 444 g/mol. The molecule has 5 rings (SSSR count). The van der Waals surface area contributed by atoms with Gasteiger partial charge in [0.1, 0.15) is 21.3 Å². The van der Waals surface area contributed by atoms with Crippen LogP contribution in [-0.2, 0) is 13.6 Å². The number of anilines is 1.